The molecule has 38 heavy (non-hydrogen) atoms. The maximum Gasteiger partial charge on any atom is 0.338 e. The number of rotatable bonds is 8. The highest BCUT2D eigenvalue weighted by Gasteiger charge is 2.33. The highest BCUT2D eigenvalue weighted by molar-refractivity contribution is 9.10. The van der Waals surface area contributed by atoms with Gasteiger partial charge in [0, 0.05) is 17.0 Å². The lowest BCUT2D eigenvalue weighted by Gasteiger charge is -2.24. The zero-order chi connectivity index (χ0) is 27.4. The number of fused-ring (bicyclic) bond motifs is 1. The second-order valence-corrected chi connectivity index (χ2v) is 10.2. The molecule has 0 bridgehead atoms. The highest BCUT2D eigenvalue weighted by Crippen LogP contribution is 2.32. The summed E-state index contributed by atoms with van der Waals surface area (Å²) in [5.41, 5.74) is 1.66. The second-order valence-electron chi connectivity index (χ2n) is 8.25. The Morgan fingerprint density at radius 3 is 2.61 bits per heavy atom. The number of allylic oxidation sites excluding steroid dienone is 1. The van der Waals surface area contributed by atoms with Crippen LogP contribution in [0.1, 0.15) is 37.9 Å². The Morgan fingerprint density at radius 1 is 1.21 bits per heavy atom. The summed E-state index contributed by atoms with van der Waals surface area (Å²) < 4.78 is 18.9. The average Bonchev–Trinajstić information content (AvgIpc) is 3.18. The van der Waals surface area contributed by atoms with Gasteiger partial charge in [0.25, 0.3) is 5.56 Å². The summed E-state index contributed by atoms with van der Waals surface area (Å²) in [5, 5.41) is 0. The minimum absolute atomic E-state index is 0.183. The first-order valence-corrected chi connectivity index (χ1v) is 13.4. The molecule has 2 aromatic carbocycles. The van der Waals surface area contributed by atoms with Gasteiger partial charge >= 0.3 is 11.9 Å². The van der Waals surface area contributed by atoms with E-state index >= 15 is 0 Å². The summed E-state index contributed by atoms with van der Waals surface area (Å²) in [6.07, 6.45) is 3.30. The van der Waals surface area contributed by atoms with Gasteiger partial charge in [0.2, 0.25) is 0 Å². The van der Waals surface area contributed by atoms with Crippen molar-refractivity contribution in [2.24, 2.45) is 4.99 Å². The van der Waals surface area contributed by atoms with Crippen LogP contribution in [0.3, 0.4) is 0 Å². The molecule has 0 saturated heterocycles. The third-order valence-corrected chi connectivity index (χ3v) is 7.07. The molecule has 0 saturated carbocycles. The molecule has 1 aromatic heterocycles. The standard InChI is InChI=1S/C28H25BrN2O6S/c1-5-13-36-21-10-7-18(8-11-21)25-24(27(34)35-6-2)16(3)30-28-31(25)26(33)23(38-28)15-19-14-20(29)9-12-22(19)37-17(4)32/h5,7-12,14-15,25H,1,6,13H2,2-4H3. The molecule has 2 heterocycles. The largest absolute Gasteiger partial charge is 0.490 e. The molecule has 1 aliphatic heterocycles. The zero-order valence-corrected chi connectivity index (χ0v) is 23.4. The van der Waals surface area contributed by atoms with Gasteiger partial charge in [0.15, 0.2) is 4.80 Å². The van der Waals surface area contributed by atoms with Crippen LogP contribution in [0.5, 0.6) is 11.5 Å². The monoisotopic (exact) mass is 596 g/mol. The van der Waals surface area contributed by atoms with E-state index in [1.807, 2.05) is 12.1 Å². The van der Waals surface area contributed by atoms with Crippen LogP contribution in [0.2, 0.25) is 0 Å². The van der Waals surface area contributed by atoms with Gasteiger partial charge in [-0.2, -0.15) is 0 Å². The molecule has 0 amide bonds. The first kappa shape index (κ1) is 27.3. The average molecular weight is 597 g/mol. The Bertz CT molecular complexity index is 1620. The Morgan fingerprint density at radius 2 is 1.95 bits per heavy atom. The summed E-state index contributed by atoms with van der Waals surface area (Å²) in [6.45, 7) is 8.96. The smallest absolute Gasteiger partial charge is 0.338 e. The predicted molar refractivity (Wildman–Crippen MR) is 148 cm³/mol. The summed E-state index contributed by atoms with van der Waals surface area (Å²) in [4.78, 5) is 43.5. The van der Waals surface area contributed by atoms with Gasteiger partial charge in [-0.25, -0.2) is 9.79 Å². The molecule has 4 rings (SSSR count). The topological polar surface area (TPSA) is 96.2 Å². The van der Waals surface area contributed by atoms with E-state index in [1.54, 1.807) is 56.3 Å². The van der Waals surface area contributed by atoms with Crippen molar-refractivity contribution < 1.29 is 23.8 Å². The van der Waals surface area contributed by atoms with Gasteiger partial charge in [0.1, 0.15) is 18.1 Å². The number of carbonyl (C=O) groups excluding carboxylic acids is 2. The number of hydrogen-bond acceptors (Lipinski definition) is 8. The van der Waals surface area contributed by atoms with Crippen molar-refractivity contribution in [3.05, 3.63) is 102 Å². The van der Waals surface area contributed by atoms with Crippen LogP contribution in [0.15, 0.2) is 80.6 Å². The van der Waals surface area contributed by atoms with Crippen molar-refractivity contribution >= 4 is 45.3 Å². The maximum absolute atomic E-state index is 13.8. The van der Waals surface area contributed by atoms with Gasteiger partial charge in [-0.3, -0.25) is 14.2 Å². The Kier molecular flexibility index (Phi) is 8.43. The van der Waals surface area contributed by atoms with Crippen LogP contribution in [-0.2, 0) is 14.3 Å². The first-order valence-electron chi connectivity index (χ1n) is 11.7. The van der Waals surface area contributed by atoms with E-state index in [1.165, 1.54) is 22.8 Å². The molecule has 0 aliphatic carbocycles. The zero-order valence-electron chi connectivity index (χ0n) is 21.0. The van der Waals surface area contributed by atoms with E-state index in [0.29, 0.717) is 44.3 Å². The van der Waals surface area contributed by atoms with Crippen LogP contribution >= 0.6 is 27.3 Å². The van der Waals surface area contributed by atoms with Crippen molar-refractivity contribution in [2.75, 3.05) is 13.2 Å². The molecule has 8 nitrogen and oxygen atoms in total. The van der Waals surface area contributed by atoms with Crippen LogP contribution in [-0.4, -0.2) is 29.7 Å². The van der Waals surface area contributed by atoms with Gasteiger partial charge < -0.3 is 14.2 Å². The number of aromatic nitrogens is 1. The summed E-state index contributed by atoms with van der Waals surface area (Å²) in [5.74, 6) is -0.0588. The van der Waals surface area contributed by atoms with Crippen molar-refractivity contribution in [3.8, 4) is 11.5 Å². The van der Waals surface area contributed by atoms with E-state index in [0.717, 1.165) is 4.47 Å². The van der Waals surface area contributed by atoms with E-state index in [2.05, 4.69) is 27.5 Å². The van der Waals surface area contributed by atoms with Crippen molar-refractivity contribution in [1.82, 2.24) is 4.57 Å². The number of esters is 2. The number of thiazole rings is 1. The molecule has 10 heteroatoms. The van der Waals surface area contributed by atoms with E-state index < -0.39 is 18.0 Å². The SMILES string of the molecule is C=CCOc1ccc(C2C(C(=O)OCC)=C(C)N=c3sc(=Cc4cc(Br)ccc4OC(C)=O)c(=O)n32)cc1. The lowest BCUT2D eigenvalue weighted by molar-refractivity contribution is -0.139. The number of halogens is 1. The molecule has 3 aromatic rings. The molecule has 196 valence electrons. The predicted octanol–water partition coefficient (Wildman–Crippen LogP) is 4.05. The second kappa shape index (κ2) is 11.7. The van der Waals surface area contributed by atoms with Gasteiger partial charge in [-0.05, 0) is 55.8 Å². The Balaban J connectivity index is 1.91. The third kappa shape index (κ3) is 5.71. The number of nitrogens with zero attached hydrogens (tertiary/aromatic N) is 2. The van der Waals surface area contributed by atoms with Crippen molar-refractivity contribution in [2.45, 2.75) is 26.8 Å². The lowest BCUT2D eigenvalue weighted by atomic mass is 9.96. The van der Waals surface area contributed by atoms with Gasteiger partial charge in [0.05, 0.1) is 28.5 Å². The Labute approximate surface area is 231 Å². The molecule has 0 N–H and O–H groups in total. The molecule has 0 spiro atoms. The van der Waals surface area contributed by atoms with Crippen molar-refractivity contribution in [1.29, 1.82) is 0 Å². The fourth-order valence-electron chi connectivity index (χ4n) is 4.03. The highest BCUT2D eigenvalue weighted by atomic mass is 79.9. The molecule has 1 unspecified atom stereocenters. The summed E-state index contributed by atoms with van der Waals surface area (Å²) in [6, 6.07) is 11.6. The fraction of sp³-hybridized carbons (Fsp3) is 0.214. The summed E-state index contributed by atoms with van der Waals surface area (Å²) in [7, 11) is 0. The quantitative estimate of drug-likeness (QED) is 0.221. The lowest BCUT2D eigenvalue weighted by Crippen LogP contribution is -2.39. The van der Waals surface area contributed by atoms with Crippen LogP contribution in [0.4, 0.5) is 0 Å². The fourth-order valence-corrected chi connectivity index (χ4v) is 5.45. The van der Waals surface area contributed by atoms with Crippen LogP contribution in [0.25, 0.3) is 6.08 Å². The van der Waals surface area contributed by atoms with Gasteiger partial charge in [-0.15, -0.1) is 0 Å². The minimum atomic E-state index is -0.753. The van der Waals surface area contributed by atoms with Crippen LogP contribution in [0, 0.1) is 0 Å². The molecular formula is C28H25BrN2O6S. The first-order chi connectivity index (χ1) is 18.2. The normalized spacial score (nSPS) is 14.9. The third-order valence-electron chi connectivity index (χ3n) is 5.59. The minimum Gasteiger partial charge on any atom is -0.490 e. The van der Waals surface area contributed by atoms with E-state index in [4.69, 9.17) is 14.2 Å². The summed E-state index contributed by atoms with van der Waals surface area (Å²) >= 11 is 4.61. The Hall–Kier alpha value is -3.76. The van der Waals surface area contributed by atoms with Crippen LogP contribution < -0.4 is 24.4 Å². The van der Waals surface area contributed by atoms with E-state index in [-0.39, 0.29) is 17.7 Å². The number of ether oxygens (including phenoxy) is 3. The number of benzene rings is 2. The molecule has 1 aliphatic rings. The molecule has 1 atom stereocenters. The molecule has 0 fully saturated rings. The van der Waals surface area contributed by atoms with E-state index in [9.17, 15) is 14.4 Å². The van der Waals surface area contributed by atoms with Crippen molar-refractivity contribution in [3.63, 3.8) is 0 Å². The van der Waals surface area contributed by atoms with Gasteiger partial charge in [-0.1, -0.05) is 52.1 Å². The number of carbonyl (C=O) groups is 2. The molecular weight excluding hydrogens is 572 g/mol. The molecule has 0 radical (unpaired) electrons. The number of hydrogen-bond donors (Lipinski definition) is 0. The maximum atomic E-state index is 13.8.